The highest BCUT2D eigenvalue weighted by atomic mass is 16.5. The Kier molecular flexibility index (Phi) is 7.56. The molecule has 0 radical (unpaired) electrons. The number of nitrogens with zero attached hydrogens (tertiary/aromatic N) is 3. The predicted octanol–water partition coefficient (Wildman–Crippen LogP) is 5.73. The molecule has 0 saturated heterocycles. The second-order valence-electron chi connectivity index (χ2n) is 9.38. The Hall–Kier alpha value is -5.90. The summed E-state index contributed by atoms with van der Waals surface area (Å²) in [5.41, 5.74) is 1.80. The fourth-order valence-corrected chi connectivity index (χ4v) is 4.64. The maximum Gasteiger partial charge on any atom is 0.282 e. The minimum Gasteiger partial charge on any atom is -0.496 e. The number of hydrogen-bond acceptors (Lipinski definition) is 8. The van der Waals surface area contributed by atoms with Gasteiger partial charge in [-0.25, -0.2) is 4.98 Å². The largest absolute Gasteiger partial charge is 0.496 e. The quantitative estimate of drug-likeness (QED) is 0.219. The molecule has 0 aliphatic rings. The van der Waals surface area contributed by atoms with Crippen LogP contribution in [-0.4, -0.2) is 42.6 Å². The minimum atomic E-state index is -0.392. The summed E-state index contributed by atoms with van der Waals surface area (Å²) in [7, 11) is 3.08. The first kappa shape index (κ1) is 27.3. The SMILES string of the molecule is COc1cccc(C=Nn2c(-c3cc4c(OC)cccc4o3)nc3ccccc3c2=O)c1OCC(=O)Nc1ccccc1. The van der Waals surface area contributed by atoms with Crippen LogP contribution in [0.3, 0.4) is 0 Å². The Morgan fingerprint density at radius 1 is 0.907 bits per heavy atom. The number of ether oxygens (including phenoxy) is 3. The highest BCUT2D eigenvalue weighted by Crippen LogP contribution is 2.33. The summed E-state index contributed by atoms with van der Waals surface area (Å²) in [5.74, 6) is 1.49. The van der Waals surface area contributed by atoms with Gasteiger partial charge in [0.2, 0.25) is 5.82 Å². The summed E-state index contributed by atoms with van der Waals surface area (Å²) < 4.78 is 24.2. The van der Waals surface area contributed by atoms with E-state index in [1.165, 1.54) is 18.0 Å². The molecule has 1 N–H and O–H groups in total. The minimum absolute atomic E-state index is 0.200. The number of carbonyl (C=O) groups excluding carboxylic acids is 1. The van der Waals surface area contributed by atoms with E-state index in [0.29, 0.717) is 45.0 Å². The van der Waals surface area contributed by atoms with E-state index >= 15 is 0 Å². The third-order valence-electron chi connectivity index (χ3n) is 6.66. The Balaban J connectivity index is 1.40. The van der Waals surface area contributed by atoms with Gasteiger partial charge in [0.15, 0.2) is 23.9 Å². The molecule has 0 spiro atoms. The number of methoxy groups -OCH3 is 2. The van der Waals surface area contributed by atoms with E-state index in [1.54, 1.807) is 61.7 Å². The second-order valence-corrected chi connectivity index (χ2v) is 9.38. The van der Waals surface area contributed by atoms with Crippen LogP contribution >= 0.6 is 0 Å². The summed E-state index contributed by atoms with van der Waals surface area (Å²) >= 11 is 0. The zero-order chi connectivity index (χ0) is 29.8. The molecule has 2 aromatic heterocycles. The average Bonchev–Trinajstić information content (AvgIpc) is 3.48. The number of anilines is 1. The van der Waals surface area contributed by atoms with Gasteiger partial charge in [0.1, 0.15) is 11.3 Å². The molecule has 0 bridgehead atoms. The number of furan rings is 1. The number of hydrogen-bond donors (Lipinski definition) is 1. The molecule has 0 unspecified atom stereocenters. The van der Waals surface area contributed by atoms with E-state index < -0.39 is 5.56 Å². The van der Waals surface area contributed by atoms with Gasteiger partial charge in [0, 0.05) is 11.3 Å². The molecule has 0 aliphatic carbocycles. The van der Waals surface area contributed by atoms with Crippen LogP contribution in [-0.2, 0) is 4.79 Å². The summed E-state index contributed by atoms with van der Waals surface area (Å²) in [5, 5.41) is 8.44. The molecule has 214 valence electrons. The number of para-hydroxylation sites is 3. The predicted molar refractivity (Wildman–Crippen MR) is 164 cm³/mol. The van der Waals surface area contributed by atoms with Crippen LogP contribution in [0.15, 0.2) is 111 Å². The van der Waals surface area contributed by atoms with Crippen molar-refractivity contribution in [2.75, 3.05) is 26.1 Å². The topological polar surface area (TPSA) is 117 Å². The lowest BCUT2D eigenvalue weighted by atomic mass is 10.2. The monoisotopic (exact) mass is 574 g/mol. The van der Waals surface area contributed by atoms with Gasteiger partial charge < -0.3 is 23.9 Å². The maximum absolute atomic E-state index is 13.7. The molecule has 6 rings (SSSR count). The molecule has 2 heterocycles. The number of amides is 1. The summed E-state index contributed by atoms with van der Waals surface area (Å²) in [6.45, 7) is -0.278. The third kappa shape index (κ3) is 5.53. The number of fused-ring (bicyclic) bond motifs is 2. The van der Waals surface area contributed by atoms with Crippen LogP contribution in [0.1, 0.15) is 5.56 Å². The molecule has 1 amide bonds. The fraction of sp³-hybridized carbons (Fsp3) is 0.0909. The Morgan fingerprint density at radius 3 is 2.47 bits per heavy atom. The van der Waals surface area contributed by atoms with Gasteiger partial charge in [0.25, 0.3) is 11.5 Å². The highest BCUT2D eigenvalue weighted by Gasteiger charge is 2.18. The van der Waals surface area contributed by atoms with E-state index in [1.807, 2.05) is 42.5 Å². The molecule has 0 fully saturated rings. The van der Waals surface area contributed by atoms with Crippen molar-refractivity contribution in [2.24, 2.45) is 5.10 Å². The number of aromatic nitrogens is 2. The summed E-state index contributed by atoms with van der Waals surface area (Å²) in [6, 6.07) is 28.5. The van der Waals surface area contributed by atoms with E-state index in [9.17, 15) is 9.59 Å². The number of benzene rings is 4. The maximum atomic E-state index is 13.7. The fourth-order valence-electron chi connectivity index (χ4n) is 4.64. The van der Waals surface area contributed by atoms with Crippen molar-refractivity contribution in [1.29, 1.82) is 0 Å². The van der Waals surface area contributed by atoms with Gasteiger partial charge in [-0.15, -0.1) is 0 Å². The smallest absolute Gasteiger partial charge is 0.282 e. The van der Waals surface area contributed by atoms with Crippen molar-refractivity contribution in [3.8, 4) is 28.8 Å². The van der Waals surface area contributed by atoms with Crippen LogP contribution in [0.25, 0.3) is 33.5 Å². The lowest BCUT2D eigenvalue weighted by Crippen LogP contribution is -2.21. The summed E-state index contributed by atoms with van der Waals surface area (Å²) in [4.78, 5) is 31.0. The van der Waals surface area contributed by atoms with Crippen molar-refractivity contribution in [3.63, 3.8) is 0 Å². The van der Waals surface area contributed by atoms with Gasteiger partial charge in [-0.05, 0) is 54.6 Å². The van der Waals surface area contributed by atoms with Crippen LogP contribution in [0.4, 0.5) is 5.69 Å². The van der Waals surface area contributed by atoms with E-state index in [4.69, 9.17) is 23.6 Å². The third-order valence-corrected chi connectivity index (χ3v) is 6.66. The van der Waals surface area contributed by atoms with Crippen molar-refractivity contribution in [2.45, 2.75) is 0 Å². The van der Waals surface area contributed by atoms with Crippen molar-refractivity contribution in [3.05, 3.63) is 113 Å². The molecule has 10 nitrogen and oxygen atoms in total. The Bertz CT molecular complexity index is 2030. The van der Waals surface area contributed by atoms with Crippen molar-refractivity contribution < 1.29 is 23.4 Å². The molecule has 10 heteroatoms. The molecule has 4 aromatic carbocycles. The van der Waals surface area contributed by atoms with Crippen LogP contribution in [0.5, 0.6) is 17.2 Å². The number of nitrogens with one attached hydrogen (secondary N) is 1. The number of rotatable bonds is 9. The van der Waals surface area contributed by atoms with Gasteiger partial charge >= 0.3 is 0 Å². The standard InChI is InChI=1S/C33H26N4O6/c1-40-26-15-9-16-27-24(26)18-29(43-27)32-36-25-14-7-6-13-23(25)33(39)37(32)34-19-21-10-8-17-28(41-2)31(21)42-20-30(38)35-22-11-4-3-5-12-22/h3-19H,20H2,1-2H3,(H,35,38). The highest BCUT2D eigenvalue weighted by molar-refractivity contribution is 5.92. The van der Waals surface area contributed by atoms with Gasteiger partial charge in [0.05, 0.1) is 36.7 Å². The van der Waals surface area contributed by atoms with Crippen LogP contribution < -0.4 is 25.1 Å². The van der Waals surface area contributed by atoms with Crippen molar-refractivity contribution >= 4 is 39.7 Å². The van der Waals surface area contributed by atoms with E-state index in [2.05, 4.69) is 10.4 Å². The molecule has 6 aromatic rings. The lowest BCUT2D eigenvalue weighted by Gasteiger charge is -2.13. The Labute approximate surface area is 245 Å². The van der Waals surface area contributed by atoms with Crippen LogP contribution in [0.2, 0.25) is 0 Å². The zero-order valence-electron chi connectivity index (χ0n) is 23.3. The van der Waals surface area contributed by atoms with E-state index in [-0.39, 0.29) is 24.1 Å². The second kappa shape index (κ2) is 11.9. The van der Waals surface area contributed by atoms with Crippen molar-refractivity contribution in [1.82, 2.24) is 9.66 Å². The first-order valence-electron chi connectivity index (χ1n) is 13.3. The molecule has 43 heavy (non-hydrogen) atoms. The lowest BCUT2D eigenvalue weighted by molar-refractivity contribution is -0.118. The van der Waals surface area contributed by atoms with Crippen LogP contribution in [0, 0.1) is 0 Å². The molecule has 0 saturated carbocycles. The number of carbonyl (C=O) groups is 1. The zero-order valence-corrected chi connectivity index (χ0v) is 23.3. The first-order chi connectivity index (χ1) is 21.1. The normalized spacial score (nSPS) is 11.2. The molecule has 0 aliphatic heterocycles. The van der Waals surface area contributed by atoms with Gasteiger partial charge in [-0.2, -0.15) is 9.78 Å². The average molecular weight is 575 g/mol. The van der Waals surface area contributed by atoms with Gasteiger partial charge in [-0.1, -0.05) is 42.5 Å². The van der Waals surface area contributed by atoms with Gasteiger partial charge in [-0.3, -0.25) is 9.59 Å². The van der Waals surface area contributed by atoms with E-state index in [0.717, 1.165) is 5.39 Å². The summed E-state index contributed by atoms with van der Waals surface area (Å²) in [6.07, 6.45) is 1.46. The molecular formula is C33H26N4O6. The first-order valence-corrected chi connectivity index (χ1v) is 13.3. The molecule has 0 atom stereocenters. The molecular weight excluding hydrogens is 548 g/mol. The Morgan fingerprint density at radius 2 is 1.65 bits per heavy atom.